The lowest BCUT2D eigenvalue weighted by atomic mass is 9.89. The molecule has 1 unspecified atom stereocenters. The summed E-state index contributed by atoms with van der Waals surface area (Å²) in [5, 5.41) is 15.6. The molecule has 2 aliphatic rings. The molecule has 0 aliphatic carbocycles. The average molecular weight is 1080 g/mol. The highest BCUT2D eigenvalue weighted by molar-refractivity contribution is 9.14. The third kappa shape index (κ3) is 14.9. The van der Waals surface area contributed by atoms with Gasteiger partial charge in [-0.25, -0.2) is 4.79 Å². The fraction of sp³-hybridized carbons (Fsp3) is 0.673. The van der Waals surface area contributed by atoms with Crippen molar-refractivity contribution in [2.24, 2.45) is 23.7 Å². The van der Waals surface area contributed by atoms with Crippen molar-refractivity contribution >= 4 is 79.2 Å². The van der Waals surface area contributed by atoms with Crippen molar-refractivity contribution in [3.8, 4) is 0 Å². The van der Waals surface area contributed by atoms with Gasteiger partial charge in [-0.05, 0) is 80.9 Å². The number of benzene rings is 1. The molecule has 0 radical (unpaired) electrons. The van der Waals surface area contributed by atoms with E-state index in [2.05, 4.69) is 42.5 Å². The molecule has 3 rings (SSSR count). The standard InChI is InChI=1S/C49H74Br2N6O11/c1-12-30(6)42(35(67-10)27-37(59)56-25-19-22-34(56)43(68-11)31(7)44(60)52-33(49(65)66)26-32-20-15-13-16-21-32)55(9)48(64)40(28(2)3)53-45(61)41(29(4)5)54(8)36(58)23-17-14-18-24-57-46(62)38(50)39(51)47(57)63/h13,15-16,20-21,28-31,33-35,40-43H,12,14,17-19,22-27H2,1-11H3,(H,52,60)(H,53,61)(H,65,66)/t30-,31+,33?,34-,35+,40-,41-,42-,43+/m0/s1. The SMILES string of the molecule is CC[C@H](C)[C@@H]([C@@H](CC(=O)N1CCC[C@H]1[C@H](OC)[C@@H](C)C(=O)NC(Cc1ccccc1)C(=O)O)OC)N(C)C(=O)[C@@H](NC(=O)[C@H](C(C)C)N(C)C(=O)CCCCCN1C(=O)C(Br)=C(Br)C1=O)C(C)C. The lowest BCUT2D eigenvalue weighted by Gasteiger charge is -2.41. The predicted octanol–water partition coefficient (Wildman–Crippen LogP) is 5.27. The van der Waals surface area contributed by atoms with Gasteiger partial charge in [-0.3, -0.25) is 38.5 Å². The monoisotopic (exact) mass is 1080 g/mol. The van der Waals surface area contributed by atoms with Gasteiger partial charge >= 0.3 is 5.97 Å². The van der Waals surface area contributed by atoms with Gasteiger partial charge in [0.25, 0.3) is 11.8 Å². The van der Waals surface area contributed by atoms with E-state index < -0.39 is 77.9 Å². The Labute approximate surface area is 419 Å². The van der Waals surface area contributed by atoms with Crippen LogP contribution in [0, 0.1) is 23.7 Å². The fourth-order valence-corrected chi connectivity index (χ4v) is 10.1. The summed E-state index contributed by atoms with van der Waals surface area (Å²) in [7, 11) is 6.20. The van der Waals surface area contributed by atoms with Gasteiger partial charge in [0.2, 0.25) is 29.5 Å². The van der Waals surface area contributed by atoms with Gasteiger partial charge in [-0.2, -0.15) is 0 Å². The molecule has 19 heteroatoms. The van der Waals surface area contributed by atoms with Crippen LogP contribution in [0.2, 0.25) is 0 Å². The molecule has 7 amide bonds. The minimum absolute atomic E-state index is 0.0862. The lowest BCUT2D eigenvalue weighted by molar-refractivity contribution is -0.149. The minimum Gasteiger partial charge on any atom is -0.480 e. The molecule has 1 fully saturated rings. The smallest absolute Gasteiger partial charge is 0.326 e. The second-order valence-electron chi connectivity index (χ2n) is 18.8. The van der Waals surface area contributed by atoms with Crippen LogP contribution in [-0.4, -0.2) is 156 Å². The summed E-state index contributed by atoms with van der Waals surface area (Å²) in [6, 6.07) is 4.93. The lowest BCUT2D eigenvalue weighted by Crippen LogP contribution is -2.60. The van der Waals surface area contributed by atoms with E-state index in [1.807, 2.05) is 47.6 Å². The largest absolute Gasteiger partial charge is 0.480 e. The van der Waals surface area contributed by atoms with Crippen LogP contribution in [0.15, 0.2) is 39.3 Å². The molecule has 2 heterocycles. The molecular weight excluding hydrogens is 1010 g/mol. The summed E-state index contributed by atoms with van der Waals surface area (Å²) in [6.45, 7) is 13.6. The normalized spacial score (nSPS) is 18.8. The average Bonchev–Trinajstić information content (AvgIpc) is 3.86. The first-order valence-corrected chi connectivity index (χ1v) is 25.3. The second kappa shape index (κ2) is 27.3. The van der Waals surface area contributed by atoms with Gasteiger partial charge in [0.15, 0.2) is 0 Å². The van der Waals surface area contributed by atoms with Gasteiger partial charge in [-0.15, -0.1) is 0 Å². The van der Waals surface area contributed by atoms with Crippen LogP contribution in [0.4, 0.5) is 0 Å². The molecule has 2 aliphatic heterocycles. The van der Waals surface area contributed by atoms with Crippen LogP contribution in [0.1, 0.15) is 105 Å². The van der Waals surface area contributed by atoms with Crippen LogP contribution >= 0.6 is 31.9 Å². The Balaban J connectivity index is 1.70. The number of carbonyl (C=O) groups is 8. The maximum absolute atomic E-state index is 14.6. The number of halogens is 2. The third-order valence-corrected chi connectivity index (χ3v) is 15.4. The van der Waals surface area contributed by atoms with Crippen molar-refractivity contribution in [1.82, 2.24) is 30.2 Å². The summed E-state index contributed by atoms with van der Waals surface area (Å²) < 4.78 is 12.3. The van der Waals surface area contributed by atoms with E-state index in [-0.39, 0.29) is 70.2 Å². The molecule has 380 valence electrons. The summed E-state index contributed by atoms with van der Waals surface area (Å²) in [5.41, 5.74) is 0.761. The number of hydrogen-bond donors (Lipinski definition) is 3. The first kappa shape index (κ1) is 58.1. The van der Waals surface area contributed by atoms with E-state index in [9.17, 15) is 43.5 Å². The molecule has 9 atom stereocenters. The Hall–Kier alpha value is -4.20. The number of nitrogens with zero attached hydrogens (tertiary/aromatic N) is 4. The number of imide groups is 1. The molecule has 17 nitrogen and oxygen atoms in total. The van der Waals surface area contributed by atoms with E-state index >= 15 is 0 Å². The van der Waals surface area contributed by atoms with Gasteiger partial charge in [-0.1, -0.05) is 91.6 Å². The third-order valence-electron chi connectivity index (χ3n) is 13.4. The number of nitrogens with one attached hydrogen (secondary N) is 2. The van der Waals surface area contributed by atoms with E-state index in [1.165, 1.54) is 19.1 Å². The summed E-state index contributed by atoms with van der Waals surface area (Å²) in [4.78, 5) is 113. The Bertz CT molecular complexity index is 1940. The van der Waals surface area contributed by atoms with Crippen molar-refractivity contribution < 1.29 is 52.9 Å². The van der Waals surface area contributed by atoms with Crippen molar-refractivity contribution in [3.05, 3.63) is 44.9 Å². The molecule has 0 bridgehead atoms. The van der Waals surface area contributed by atoms with E-state index in [0.29, 0.717) is 45.1 Å². The van der Waals surface area contributed by atoms with Crippen molar-refractivity contribution in [3.63, 3.8) is 0 Å². The van der Waals surface area contributed by atoms with Crippen molar-refractivity contribution in [1.29, 1.82) is 0 Å². The van der Waals surface area contributed by atoms with E-state index in [1.54, 1.807) is 55.1 Å². The molecular formula is C49H74Br2N6O11. The Morgan fingerprint density at radius 2 is 1.46 bits per heavy atom. The number of likely N-dealkylation sites (N-methyl/N-ethyl adjacent to an activating group) is 2. The van der Waals surface area contributed by atoms with E-state index in [0.717, 1.165) is 10.5 Å². The second-order valence-corrected chi connectivity index (χ2v) is 20.4. The number of rotatable bonds is 27. The quantitative estimate of drug-likeness (QED) is 0.0763. The Morgan fingerprint density at radius 1 is 0.838 bits per heavy atom. The summed E-state index contributed by atoms with van der Waals surface area (Å²) in [5.74, 6) is -5.44. The fourth-order valence-electron chi connectivity index (χ4n) is 9.33. The van der Waals surface area contributed by atoms with Crippen molar-refractivity contribution in [2.45, 2.75) is 149 Å². The number of carboxylic acid groups (broad SMARTS) is 1. The van der Waals surface area contributed by atoms with Crippen LogP contribution in [0.3, 0.4) is 0 Å². The maximum Gasteiger partial charge on any atom is 0.326 e. The number of methoxy groups -OCH3 is 2. The highest BCUT2D eigenvalue weighted by Crippen LogP contribution is 2.31. The van der Waals surface area contributed by atoms with Gasteiger partial charge in [0, 0.05) is 54.2 Å². The first-order chi connectivity index (χ1) is 32.0. The van der Waals surface area contributed by atoms with Crippen LogP contribution in [-0.2, 0) is 54.3 Å². The zero-order chi connectivity index (χ0) is 51.2. The van der Waals surface area contributed by atoms with Gasteiger partial charge < -0.3 is 39.9 Å². The molecule has 68 heavy (non-hydrogen) atoms. The number of carbonyl (C=O) groups excluding carboxylic acids is 7. The number of hydrogen-bond acceptors (Lipinski definition) is 10. The molecule has 0 spiro atoms. The van der Waals surface area contributed by atoms with Gasteiger partial charge in [0.1, 0.15) is 27.1 Å². The van der Waals surface area contributed by atoms with Crippen molar-refractivity contribution in [2.75, 3.05) is 41.4 Å². The Morgan fingerprint density at radius 3 is 1.99 bits per heavy atom. The van der Waals surface area contributed by atoms with Gasteiger partial charge in [0.05, 0.1) is 36.6 Å². The van der Waals surface area contributed by atoms with Crippen LogP contribution in [0.25, 0.3) is 0 Å². The zero-order valence-electron chi connectivity index (χ0n) is 41.6. The molecule has 1 aromatic carbocycles. The number of aliphatic carboxylic acids is 1. The summed E-state index contributed by atoms with van der Waals surface area (Å²) >= 11 is 6.25. The number of likely N-dealkylation sites (tertiary alicyclic amines) is 1. The van der Waals surface area contributed by atoms with Crippen LogP contribution in [0.5, 0.6) is 0 Å². The predicted molar refractivity (Wildman–Crippen MR) is 264 cm³/mol. The first-order valence-electron chi connectivity index (χ1n) is 23.7. The van der Waals surface area contributed by atoms with E-state index in [4.69, 9.17) is 9.47 Å². The minimum atomic E-state index is -1.16. The molecule has 0 aromatic heterocycles. The number of amides is 7. The van der Waals surface area contributed by atoms with Crippen LogP contribution < -0.4 is 10.6 Å². The number of carboxylic acids is 1. The summed E-state index contributed by atoms with van der Waals surface area (Å²) in [6.07, 6.45) is 2.09. The molecule has 3 N–H and O–H groups in total. The highest BCUT2D eigenvalue weighted by atomic mass is 79.9. The maximum atomic E-state index is 14.6. The number of unbranched alkanes of at least 4 members (excludes halogenated alkanes) is 2. The molecule has 1 aromatic rings. The molecule has 0 saturated carbocycles. The Kier molecular flexibility index (Phi) is 23.3. The zero-order valence-corrected chi connectivity index (χ0v) is 44.8. The highest BCUT2D eigenvalue weighted by Gasteiger charge is 2.44. The molecule has 1 saturated heterocycles. The number of ether oxygens (including phenoxy) is 2. The topological polar surface area (TPSA) is 212 Å².